The number of aromatic nitrogens is 2. The highest BCUT2D eigenvalue weighted by Crippen LogP contribution is 2.19. The van der Waals surface area contributed by atoms with Crippen molar-refractivity contribution in [3.05, 3.63) is 29.6 Å². The number of nitrogens with one attached hydrogen (secondary N) is 1. The van der Waals surface area contributed by atoms with Gasteiger partial charge in [-0.25, -0.2) is 4.98 Å². The minimum atomic E-state index is 0. The van der Waals surface area contributed by atoms with E-state index in [0.717, 1.165) is 12.1 Å². The van der Waals surface area contributed by atoms with Crippen molar-refractivity contribution < 1.29 is 0 Å². The lowest BCUT2D eigenvalue weighted by Crippen LogP contribution is -2.02. The third-order valence-corrected chi connectivity index (χ3v) is 2.28. The Morgan fingerprint density at radius 3 is 2.80 bits per heavy atom. The first kappa shape index (κ1) is 14.2. The van der Waals surface area contributed by atoms with E-state index in [1.165, 1.54) is 16.5 Å². The van der Waals surface area contributed by atoms with Gasteiger partial charge in [-0.1, -0.05) is 0 Å². The van der Waals surface area contributed by atoms with Gasteiger partial charge in [0, 0.05) is 17.8 Å². The summed E-state index contributed by atoms with van der Waals surface area (Å²) in [5.41, 5.74) is 9.01. The van der Waals surface area contributed by atoms with Crippen molar-refractivity contribution in [3.63, 3.8) is 0 Å². The molecule has 0 aliphatic heterocycles. The first-order valence-corrected chi connectivity index (χ1v) is 4.44. The second-order valence-electron chi connectivity index (χ2n) is 3.20. The molecule has 0 spiro atoms. The summed E-state index contributed by atoms with van der Waals surface area (Å²) in [4.78, 5) is 7.40. The molecule has 0 bridgehead atoms. The van der Waals surface area contributed by atoms with Gasteiger partial charge in [0.2, 0.25) is 0 Å². The number of fused-ring (bicyclic) bond motifs is 1. The van der Waals surface area contributed by atoms with Gasteiger partial charge in [0.25, 0.3) is 0 Å². The number of aryl methyl sites for hydroxylation is 1. The number of hydrogen-bond donors (Lipinski definition) is 2. The third kappa shape index (κ3) is 2.62. The van der Waals surface area contributed by atoms with Crippen molar-refractivity contribution in [3.8, 4) is 0 Å². The zero-order chi connectivity index (χ0) is 9.26. The molecule has 0 fully saturated rings. The highest BCUT2D eigenvalue weighted by atomic mass is 35.5. The maximum atomic E-state index is 5.53. The molecule has 0 atom stereocenters. The molecule has 3 N–H and O–H groups in total. The lowest BCUT2D eigenvalue weighted by molar-refractivity contribution is 0.976. The first-order valence-electron chi connectivity index (χ1n) is 4.44. The summed E-state index contributed by atoms with van der Waals surface area (Å²) in [7, 11) is 0. The molecule has 0 aromatic carbocycles. The number of rotatable bonds is 2. The molecule has 0 radical (unpaired) electrons. The van der Waals surface area contributed by atoms with Crippen molar-refractivity contribution in [2.45, 2.75) is 13.3 Å². The molecular weight excluding hydrogens is 233 g/mol. The average Bonchev–Trinajstić information content (AvgIpc) is 2.51. The third-order valence-electron chi connectivity index (χ3n) is 2.28. The van der Waals surface area contributed by atoms with E-state index in [2.05, 4.69) is 16.9 Å². The Morgan fingerprint density at radius 2 is 2.13 bits per heavy atom. The fourth-order valence-corrected chi connectivity index (χ4v) is 1.65. The number of pyridine rings is 1. The molecule has 3 nitrogen and oxygen atoms in total. The van der Waals surface area contributed by atoms with Gasteiger partial charge in [-0.2, -0.15) is 0 Å². The summed E-state index contributed by atoms with van der Waals surface area (Å²) in [5.74, 6) is 0. The van der Waals surface area contributed by atoms with Gasteiger partial charge in [0.1, 0.15) is 5.65 Å². The molecule has 0 saturated heterocycles. The second kappa shape index (κ2) is 5.95. The predicted octanol–water partition coefficient (Wildman–Crippen LogP) is 2.22. The molecule has 2 heterocycles. The maximum absolute atomic E-state index is 5.53. The zero-order valence-electron chi connectivity index (χ0n) is 8.49. The van der Waals surface area contributed by atoms with Crippen molar-refractivity contribution >= 4 is 35.8 Å². The molecule has 0 amide bonds. The average molecular weight is 248 g/mol. The van der Waals surface area contributed by atoms with Crippen molar-refractivity contribution in [1.29, 1.82) is 0 Å². The molecule has 2 aromatic heterocycles. The van der Waals surface area contributed by atoms with Gasteiger partial charge in [-0.3, -0.25) is 0 Å². The van der Waals surface area contributed by atoms with Crippen LogP contribution >= 0.6 is 24.8 Å². The Hall–Kier alpha value is -0.770. The number of halogens is 2. The number of H-pyrrole nitrogens is 1. The van der Waals surface area contributed by atoms with Gasteiger partial charge in [0.05, 0.1) is 0 Å². The van der Waals surface area contributed by atoms with Crippen LogP contribution in [-0.2, 0) is 6.42 Å². The van der Waals surface area contributed by atoms with E-state index in [1.54, 1.807) is 0 Å². The molecule has 5 heteroatoms. The van der Waals surface area contributed by atoms with E-state index < -0.39 is 0 Å². The summed E-state index contributed by atoms with van der Waals surface area (Å²) in [5, 5.41) is 1.23. The quantitative estimate of drug-likeness (QED) is 0.856. The van der Waals surface area contributed by atoms with Gasteiger partial charge >= 0.3 is 0 Å². The van der Waals surface area contributed by atoms with Gasteiger partial charge in [-0.05, 0) is 37.1 Å². The van der Waals surface area contributed by atoms with Crippen molar-refractivity contribution in [2.24, 2.45) is 5.73 Å². The zero-order valence-corrected chi connectivity index (χ0v) is 10.1. The topological polar surface area (TPSA) is 54.7 Å². The summed E-state index contributed by atoms with van der Waals surface area (Å²) in [6.07, 6.45) is 4.73. The number of nitrogens with zero attached hydrogens (tertiary/aromatic N) is 1. The van der Waals surface area contributed by atoms with E-state index >= 15 is 0 Å². The molecule has 84 valence electrons. The lowest BCUT2D eigenvalue weighted by atomic mass is 10.1. The van der Waals surface area contributed by atoms with E-state index in [-0.39, 0.29) is 24.8 Å². The van der Waals surface area contributed by atoms with Crippen molar-refractivity contribution in [1.82, 2.24) is 9.97 Å². The van der Waals surface area contributed by atoms with Gasteiger partial charge < -0.3 is 10.7 Å². The highest BCUT2D eigenvalue weighted by molar-refractivity contribution is 5.85. The fourth-order valence-electron chi connectivity index (χ4n) is 1.65. The smallest absolute Gasteiger partial charge is 0.137 e. The SMILES string of the molecule is Cc1ccnc2[nH]cc(CCN)c12.Cl.Cl. The van der Waals surface area contributed by atoms with Crippen LogP contribution in [0.3, 0.4) is 0 Å². The van der Waals surface area contributed by atoms with Crippen LogP contribution < -0.4 is 5.73 Å². The monoisotopic (exact) mass is 247 g/mol. The van der Waals surface area contributed by atoms with E-state index in [4.69, 9.17) is 5.73 Å². The first-order chi connectivity index (χ1) is 6.33. The number of hydrogen-bond acceptors (Lipinski definition) is 2. The highest BCUT2D eigenvalue weighted by Gasteiger charge is 2.05. The summed E-state index contributed by atoms with van der Waals surface area (Å²) < 4.78 is 0. The Morgan fingerprint density at radius 1 is 1.40 bits per heavy atom. The molecule has 15 heavy (non-hydrogen) atoms. The molecule has 0 aliphatic carbocycles. The van der Waals surface area contributed by atoms with Crippen molar-refractivity contribution in [2.75, 3.05) is 6.54 Å². The fraction of sp³-hybridized carbons (Fsp3) is 0.300. The van der Waals surface area contributed by atoms with Crippen LogP contribution in [0.4, 0.5) is 0 Å². The molecule has 2 rings (SSSR count). The van der Waals surface area contributed by atoms with Crippen LogP contribution in [0.15, 0.2) is 18.5 Å². The summed E-state index contributed by atoms with van der Waals surface area (Å²) in [6, 6.07) is 2.02. The Balaban J connectivity index is 0.000000980. The Kier molecular flexibility index (Phi) is 5.65. The molecular formula is C10H15Cl2N3. The van der Waals surface area contributed by atoms with Crippen LogP contribution in [-0.4, -0.2) is 16.5 Å². The molecule has 2 aromatic rings. The minimum Gasteiger partial charge on any atom is -0.346 e. The van der Waals surface area contributed by atoms with Crippen LogP contribution in [0.2, 0.25) is 0 Å². The number of nitrogens with two attached hydrogens (primary N) is 1. The molecule has 0 aliphatic rings. The lowest BCUT2D eigenvalue weighted by Gasteiger charge is -1.98. The predicted molar refractivity (Wildman–Crippen MR) is 68.1 cm³/mol. The summed E-state index contributed by atoms with van der Waals surface area (Å²) >= 11 is 0. The number of aromatic amines is 1. The van der Waals surface area contributed by atoms with Crippen LogP contribution in [0, 0.1) is 6.92 Å². The maximum Gasteiger partial charge on any atom is 0.137 e. The van der Waals surface area contributed by atoms with Crippen LogP contribution in [0.5, 0.6) is 0 Å². The Labute approximate surface area is 101 Å². The Bertz CT molecular complexity index is 426. The standard InChI is InChI=1S/C10H13N3.2ClH/c1-7-3-5-12-10-9(7)8(2-4-11)6-13-10;;/h3,5-6H,2,4,11H2,1H3,(H,12,13);2*1H. The van der Waals surface area contributed by atoms with E-state index in [9.17, 15) is 0 Å². The van der Waals surface area contributed by atoms with Crippen LogP contribution in [0.1, 0.15) is 11.1 Å². The van der Waals surface area contributed by atoms with E-state index in [0.29, 0.717) is 6.54 Å². The largest absolute Gasteiger partial charge is 0.346 e. The van der Waals surface area contributed by atoms with Crippen LogP contribution in [0.25, 0.3) is 11.0 Å². The van der Waals surface area contributed by atoms with E-state index in [1.807, 2.05) is 18.5 Å². The summed E-state index contributed by atoms with van der Waals surface area (Å²) in [6.45, 7) is 2.78. The second-order valence-corrected chi connectivity index (χ2v) is 3.20. The van der Waals surface area contributed by atoms with Gasteiger partial charge in [-0.15, -0.1) is 24.8 Å². The van der Waals surface area contributed by atoms with Gasteiger partial charge in [0.15, 0.2) is 0 Å². The minimum absolute atomic E-state index is 0. The molecule has 0 unspecified atom stereocenters. The molecule has 0 saturated carbocycles. The normalized spacial score (nSPS) is 9.47.